The third kappa shape index (κ3) is 3.02. The van der Waals surface area contributed by atoms with Crippen LogP contribution in [0.15, 0.2) is 18.2 Å². The molecule has 1 aromatic carbocycles. The maximum atomic E-state index is 6.09. The third-order valence-corrected chi connectivity index (χ3v) is 5.03. The molecule has 0 bridgehead atoms. The first kappa shape index (κ1) is 14.4. The van der Waals surface area contributed by atoms with Gasteiger partial charge >= 0.3 is 0 Å². The molecule has 1 saturated carbocycles. The summed E-state index contributed by atoms with van der Waals surface area (Å²) in [5, 5.41) is 0. The summed E-state index contributed by atoms with van der Waals surface area (Å²) in [6.45, 7) is 1.25. The van der Waals surface area contributed by atoms with Gasteiger partial charge in [0.05, 0.1) is 13.2 Å². The number of hydrogen-bond acceptors (Lipinski definition) is 3. The van der Waals surface area contributed by atoms with E-state index in [4.69, 9.17) is 14.2 Å². The van der Waals surface area contributed by atoms with Gasteiger partial charge < -0.3 is 14.2 Å². The molecule has 0 spiro atoms. The van der Waals surface area contributed by atoms with Crippen molar-refractivity contribution in [1.82, 2.24) is 0 Å². The molecule has 3 atom stereocenters. The van der Waals surface area contributed by atoms with Crippen LogP contribution in [0.3, 0.4) is 0 Å². The highest BCUT2D eigenvalue weighted by Gasteiger charge is 2.42. The summed E-state index contributed by atoms with van der Waals surface area (Å²) in [5.41, 5.74) is 2.94. The molecule has 3 rings (SSSR count). The van der Waals surface area contributed by atoms with E-state index in [1.165, 1.54) is 30.4 Å². The predicted octanol–water partition coefficient (Wildman–Crippen LogP) is 3.12. The molecule has 0 saturated heterocycles. The van der Waals surface area contributed by atoms with Gasteiger partial charge in [0, 0.05) is 18.4 Å². The molecule has 2 aliphatic carbocycles. The molecule has 110 valence electrons. The van der Waals surface area contributed by atoms with Gasteiger partial charge in [-0.15, -0.1) is 0 Å². The summed E-state index contributed by atoms with van der Waals surface area (Å²) in [7, 11) is 1.69. The Morgan fingerprint density at radius 2 is 2.05 bits per heavy atom. The second-order valence-corrected chi connectivity index (χ2v) is 6.70. The smallest absolute Gasteiger partial charge is 0.127 e. The van der Waals surface area contributed by atoms with Crippen LogP contribution in [-0.4, -0.2) is 37.4 Å². The zero-order valence-corrected chi connectivity index (χ0v) is 13.4. The van der Waals surface area contributed by atoms with Crippen molar-refractivity contribution in [3.8, 4) is 5.75 Å². The number of halogens is 1. The molecule has 3 unspecified atom stereocenters. The molecule has 2 aliphatic rings. The Bertz CT molecular complexity index is 463. The number of methoxy groups -OCH3 is 1. The lowest BCUT2D eigenvalue weighted by atomic mass is 9.91. The minimum absolute atomic E-state index is 0.124. The van der Waals surface area contributed by atoms with Crippen molar-refractivity contribution in [2.24, 2.45) is 0 Å². The van der Waals surface area contributed by atoms with Gasteiger partial charge in [-0.05, 0) is 42.5 Å². The molecular weight excluding hydrogens is 320 g/mol. The molecule has 0 aromatic heterocycles. The van der Waals surface area contributed by atoms with E-state index in [2.05, 4.69) is 34.1 Å². The fourth-order valence-electron chi connectivity index (χ4n) is 2.92. The Kier molecular flexibility index (Phi) is 4.64. The van der Waals surface area contributed by atoms with Crippen LogP contribution in [0.25, 0.3) is 0 Å². The number of hydrogen-bond donors (Lipinski definition) is 0. The van der Waals surface area contributed by atoms with Crippen LogP contribution in [0.1, 0.15) is 24.0 Å². The molecule has 0 N–H and O–H groups in total. The topological polar surface area (TPSA) is 27.7 Å². The Morgan fingerprint density at radius 1 is 1.20 bits per heavy atom. The van der Waals surface area contributed by atoms with Gasteiger partial charge in [0.2, 0.25) is 0 Å². The first-order valence-electron chi connectivity index (χ1n) is 7.31. The average Bonchev–Trinajstić information content (AvgIpc) is 2.90. The van der Waals surface area contributed by atoms with Gasteiger partial charge in [0.25, 0.3) is 0 Å². The van der Waals surface area contributed by atoms with Crippen LogP contribution in [0.5, 0.6) is 5.75 Å². The lowest BCUT2D eigenvalue weighted by Crippen LogP contribution is -2.52. The van der Waals surface area contributed by atoms with Crippen molar-refractivity contribution >= 4 is 15.9 Å². The summed E-state index contributed by atoms with van der Waals surface area (Å²) >= 11 is 3.64. The number of rotatable bonds is 6. The first-order chi connectivity index (χ1) is 9.78. The lowest BCUT2D eigenvalue weighted by Gasteiger charge is -2.41. The van der Waals surface area contributed by atoms with Crippen molar-refractivity contribution in [2.75, 3.05) is 20.3 Å². The van der Waals surface area contributed by atoms with Gasteiger partial charge in [0.15, 0.2) is 0 Å². The van der Waals surface area contributed by atoms with Crippen molar-refractivity contribution in [3.63, 3.8) is 0 Å². The van der Waals surface area contributed by atoms with E-state index in [0.717, 1.165) is 12.2 Å². The van der Waals surface area contributed by atoms with E-state index in [-0.39, 0.29) is 12.2 Å². The minimum atomic E-state index is 0.124. The molecule has 0 radical (unpaired) electrons. The van der Waals surface area contributed by atoms with Crippen LogP contribution >= 0.6 is 15.9 Å². The molecule has 20 heavy (non-hydrogen) atoms. The summed E-state index contributed by atoms with van der Waals surface area (Å²) in [6.07, 6.45) is 4.94. The van der Waals surface area contributed by atoms with Crippen molar-refractivity contribution in [3.05, 3.63) is 29.3 Å². The van der Waals surface area contributed by atoms with Crippen molar-refractivity contribution in [2.45, 2.75) is 42.7 Å². The Balaban J connectivity index is 1.57. The monoisotopic (exact) mass is 340 g/mol. The summed E-state index contributed by atoms with van der Waals surface area (Å²) in [4.78, 5) is 0.388. The van der Waals surface area contributed by atoms with Gasteiger partial charge in [-0.2, -0.15) is 0 Å². The van der Waals surface area contributed by atoms with E-state index in [9.17, 15) is 0 Å². The average molecular weight is 341 g/mol. The van der Waals surface area contributed by atoms with Gasteiger partial charge in [0.1, 0.15) is 18.0 Å². The summed E-state index contributed by atoms with van der Waals surface area (Å²) in [6, 6.07) is 6.51. The second kappa shape index (κ2) is 6.46. The normalized spacial score (nSPS) is 28.0. The van der Waals surface area contributed by atoms with Crippen LogP contribution < -0.4 is 4.74 Å². The number of fused-ring (bicyclic) bond motifs is 1. The van der Waals surface area contributed by atoms with Gasteiger partial charge in [-0.25, -0.2) is 0 Å². The fourth-order valence-corrected chi connectivity index (χ4v) is 3.78. The first-order valence-corrected chi connectivity index (χ1v) is 8.22. The Hall–Kier alpha value is -0.580. The molecule has 1 aromatic rings. The molecule has 0 amide bonds. The summed E-state index contributed by atoms with van der Waals surface area (Å²) < 4.78 is 16.9. The van der Waals surface area contributed by atoms with Crippen LogP contribution in [0, 0.1) is 0 Å². The zero-order chi connectivity index (χ0) is 13.9. The fraction of sp³-hybridized carbons (Fsp3) is 0.625. The maximum absolute atomic E-state index is 6.09. The van der Waals surface area contributed by atoms with Crippen LogP contribution in [-0.2, 0) is 22.3 Å². The lowest BCUT2D eigenvalue weighted by molar-refractivity contribution is -0.0865. The van der Waals surface area contributed by atoms with E-state index in [1.54, 1.807) is 7.11 Å². The Labute approximate surface area is 128 Å². The van der Waals surface area contributed by atoms with Gasteiger partial charge in [-0.3, -0.25) is 0 Å². The highest BCUT2D eigenvalue weighted by Crippen LogP contribution is 2.35. The standard InChI is InChI=1S/C16H21BrO3/c1-18-7-8-19-16-14(17)10-15(16)20-13-6-5-11-3-2-4-12(11)9-13/h5-6,9,14-16H,2-4,7-8,10H2,1H3. The second-order valence-electron chi connectivity index (χ2n) is 5.52. The SMILES string of the molecule is COCCOC1C(Br)CC1Oc1ccc2c(c1)CCC2. The highest BCUT2D eigenvalue weighted by atomic mass is 79.9. The molecule has 1 fully saturated rings. The number of aryl methyl sites for hydroxylation is 2. The third-order valence-electron chi connectivity index (χ3n) is 4.14. The Morgan fingerprint density at radius 3 is 2.85 bits per heavy atom. The molecule has 0 aliphatic heterocycles. The summed E-state index contributed by atoms with van der Waals surface area (Å²) in [5.74, 6) is 0.982. The van der Waals surface area contributed by atoms with E-state index in [0.29, 0.717) is 18.0 Å². The molecule has 3 nitrogen and oxygen atoms in total. The minimum Gasteiger partial charge on any atom is -0.488 e. The predicted molar refractivity (Wildman–Crippen MR) is 81.8 cm³/mol. The van der Waals surface area contributed by atoms with Crippen LogP contribution in [0.4, 0.5) is 0 Å². The van der Waals surface area contributed by atoms with Crippen molar-refractivity contribution in [1.29, 1.82) is 0 Å². The quantitative estimate of drug-likeness (QED) is 0.588. The van der Waals surface area contributed by atoms with Gasteiger partial charge in [-0.1, -0.05) is 22.0 Å². The number of ether oxygens (including phenoxy) is 3. The molecular formula is C16H21BrO3. The van der Waals surface area contributed by atoms with Crippen LogP contribution in [0.2, 0.25) is 0 Å². The number of alkyl halides is 1. The largest absolute Gasteiger partial charge is 0.488 e. The zero-order valence-electron chi connectivity index (χ0n) is 11.8. The van der Waals surface area contributed by atoms with Crippen molar-refractivity contribution < 1.29 is 14.2 Å². The van der Waals surface area contributed by atoms with E-state index >= 15 is 0 Å². The number of benzene rings is 1. The highest BCUT2D eigenvalue weighted by molar-refractivity contribution is 9.09. The van der Waals surface area contributed by atoms with E-state index < -0.39 is 0 Å². The molecule has 4 heteroatoms. The molecule has 0 heterocycles. The van der Waals surface area contributed by atoms with E-state index in [1.807, 2.05) is 0 Å². The maximum Gasteiger partial charge on any atom is 0.127 e.